The molecule has 7 heteroatoms. The van der Waals surface area contributed by atoms with Gasteiger partial charge in [0.15, 0.2) is 0 Å². The number of carbonyl (C=O) groups is 2. The van der Waals surface area contributed by atoms with Crippen molar-refractivity contribution in [3.05, 3.63) is 81.5 Å². The van der Waals surface area contributed by atoms with Crippen molar-refractivity contribution in [3.63, 3.8) is 0 Å². The first-order valence-electron chi connectivity index (χ1n) is 12.8. The van der Waals surface area contributed by atoms with E-state index in [-0.39, 0.29) is 30.4 Å². The van der Waals surface area contributed by atoms with E-state index in [4.69, 9.17) is 9.47 Å². The molecule has 2 amide bonds. The SMILES string of the molecule is COc1ccc(C(=O)N(CC(=O)N2CCc3sccc3[C@H]2COc2ccc(C(C)C)cc2)C(C)C)cc1. The number of amides is 2. The number of benzene rings is 2. The second-order valence-electron chi connectivity index (χ2n) is 9.94. The second-order valence-corrected chi connectivity index (χ2v) is 10.9. The Hall–Kier alpha value is -3.32. The summed E-state index contributed by atoms with van der Waals surface area (Å²) in [7, 11) is 1.59. The molecule has 1 aliphatic heterocycles. The number of carbonyl (C=O) groups excluding carboxylic acids is 2. The summed E-state index contributed by atoms with van der Waals surface area (Å²) in [6.07, 6.45) is 0.812. The van der Waals surface area contributed by atoms with Gasteiger partial charge in [0.2, 0.25) is 5.91 Å². The van der Waals surface area contributed by atoms with E-state index in [2.05, 4.69) is 37.4 Å². The Morgan fingerprint density at radius 2 is 1.68 bits per heavy atom. The smallest absolute Gasteiger partial charge is 0.254 e. The van der Waals surface area contributed by atoms with E-state index in [1.54, 1.807) is 47.6 Å². The average Bonchev–Trinajstić information content (AvgIpc) is 3.39. The lowest BCUT2D eigenvalue weighted by Crippen LogP contribution is -2.49. The van der Waals surface area contributed by atoms with Crippen molar-refractivity contribution in [2.45, 2.75) is 52.1 Å². The van der Waals surface area contributed by atoms with Crippen LogP contribution in [0, 0.1) is 0 Å². The molecule has 1 aliphatic rings. The summed E-state index contributed by atoms with van der Waals surface area (Å²) in [5.41, 5.74) is 2.93. The van der Waals surface area contributed by atoms with Crippen LogP contribution in [0.25, 0.3) is 0 Å². The summed E-state index contributed by atoms with van der Waals surface area (Å²) in [6, 6.07) is 16.9. The number of fused-ring (bicyclic) bond motifs is 1. The number of methoxy groups -OCH3 is 1. The van der Waals surface area contributed by atoms with Gasteiger partial charge in [-0.2, -0.15) is 0 Å². The first kappa shape index (κ1) is 26.7. The van der Waals surface area contributed by atoms with Gasteiger partial charge in [0.05, 0.1) is 13.2 Å². The molecule has 0 spiro atoms. The highest BCUT2D eigenvalue weighted by Gasteiger charge is 2.34. The molecule has 0 saturated heterocycles. The van der Waals surface area contributed by atoms with Gasteiger partial charge in [-0.25, -0.2) is 0 Å². The summed E-state index contributed by atoms with van der Waals surface area (Å²) in [5, 5.41) is 2.08. The van der Waals surface area contributed by atoms with Gasteiger partial charge in [-0.3, -0.25) is 9.59 Å². The number of ether oxygens (including phenoxy) is 2. The van der Waals surface area contributed by atoms with Crippen molar-refractivity contribution in [1.29, 1.82) is 0 Å². The Kier molecular flexibility index (Phi) is 8.54. The Bertz CT molecular complexity index is 1200. The van der Waals surface area contributed by atoms with Gasteiger partial charge in [0.1, 0.15) is 24.7 Å². The van der Waals surface area contributed by atoms with Crippen LogP contribution in [0.2, 0.25) is 0 Å². The van der Waals surface area contributed by atoms with Crippen LogP contribution in [0.15, 0.2) is 60.0 Å². The fourth-order valence-electron chi connectivity index (χ4n) is 4.62. The van der Waals surface area contributed by atoms with Gasteiger partial charge in [-0.05, 0) is 85.2 Å². The minimum absolute atomic E-state index is 0.0155. The summed E-state index contributed by atoms with van der Waals surface area (Å²) >= 11 is 1.73. The van der Waals surface area contributed by atoms with Crippen LogP contribution in [-0.4, -0.2) is 54.5 Å². The summed E-state index contributed by atoms with van der Waals surface area (Å²) in [4.78, 5) is 31.8. The number of hydrogen-bond acceptors (Lipinski definition) is 5. The maximum absolute atomic E-state index is 13.7. The Labute approximate surface area is 223 Å². The van der Waals surface area contributed by atoms with E-state index in [1.807, 2.05) is 30.9 Å². The fraction of sp³-hybridized carbons (Fsp3) is 0.400. The van der Waals surface area contributed by atoms with Crippen LogP contribution < -0.4 is 9.47 Å². The Balaban J connectivity index is 1.50. The normalized spacial score (nSPS) is 15.0. The van der Waals surface area contributed by atoms with E-state index < -0.39 is 0 Å². The van der Waals surface area contributed by atoms with E-state index in [0.717, 1.165) is 17.7 Å². The zero-order valence-electron chi connectivity index (χ0n) is 22.3. The third-order valence-corrected chi connectivity index (χ3v) is 7.89. The monoisotopic (exact) mass is 520 g/mol. The fourth-order valence-corrected chi connectivity index (χ4v) is 5.55. The first-order valence-corrected chi connectivity index (χ1v) is 13.7. The summed E-state index contributed by atoms with van der Waals surface area (Å²) < 4.78 is 11.4. The standard InChI is InChI=1S/C30H36N2O4S/c1-20(2)22-6-12-25(13-7-22)36-19-27-26-15-17-37-28(26)14-16-31(27)29(33)18-32(21(3)4)30(34)23-8-10-24(35-5)11-9-23/h6-13,15,17,20-21,27H,14,16,18-19H2,1-5H3/t27-/m1/s1. The molecule has 0 bridgehead atoms. The maximum atomic E-state index is 13.7. The van der Waals surface area contributed by atoms with Gasteiger partial charge >= 0.3 is 0 Å². The van der Waals surface area contributed by atoms with E-state index in [0.29, 0.717) is 30.4 Å². The average molecular weight is 521 g/mol. The third-order valence-electron chi connectivity index (χ3n) is 6.90. The highest BCUT2D eigenvalue weighted by molar-refractivity contribution is 7.10. The zero-order chi connectivity index (χ0) is 26.5. The minimum Gasteiger partial charge on any atom is -0.497 e. The lowest BCUT2D eigenvalue weighted by Gasteiger charge is -2.37. The molecule has 0 aliphatic carbocycles. The zero-order valence-corrected chi connectivity index (χ0v) is 23.1. The lowest BCUT2D eigenvalue weighted by molar-refractivity contribution is -0.136. The number of nitrogens with zero attached hydrogens (tertiary/aromatic N) is 2. The molecule has 1 atom stereocenters. The second kappa shape index (κ2) is 11.8. The molecule has 2 aromatic carbocycles. The molecule has 0 saturated carbocycles. The number of thiophene rings is 1. The number of hydrogen-bond donors (Lipinski definition) is 0. The molecule has 4 rings (SSSR count). The van der Waals surface area contributed by atoms with Gasteiger partial charge < -0.3 is 19.3 Å². The van der Waals surface area contributed by atoms with Crippen molar-refractivity contribution in [3.8, 4) is 11.5 Å². The lowest BCUT2D eigenvalue weighted by atomic mass is 10.00. The van der Waals surface area contributed by atoms with Crippen molar-refractivity contribution < 1.29 is 19.1 Å². The molecule has 0 radical (unpaired) electrons. The number of rotatable bonds is 9. The van der Waals surface area contributed by atoms with Gasteiger partial charge in [-0.1, -0.05) is 26.0 Å². The Morgan fingerprint density at radius 1 is 1.00 bits per heavy atom. The summed E-state index contributed by atoms with van der Waals surface area (Å²) in [6.45, 7) is 9.19. The highest BCUT2D eigenvalue weighted by Crippen LogP contribution is 2.34. The molecule has 0 N–H and O–H groups in total. The molecule has 1 aromatic heterocycles. The topological polar surface area (TPSA) is 59.1 Å². The van der Waals surface area contributed by atoms with Crippen LogP contribution in [-0.2, 0) is 11.2 Å². The van der Waals surface area contributed by atoms with Crippen LogP contribution in [0.1, 0.15) is 66.0 Å². The molecule has 2 heterocycles. The van der Waals surface area contributed by atoms with Gasteiger partial charge in [0.25, 0.3) is 5.91 Å². The van der Waals surface area contributed by atoms with Gasteiger partial charge in [-0.15, -0.1) is 11.3 Å². The van der Waals surface area contributed by atoms with E-state index >= 15 is 0 Å². The predicted octanol–water partition coefficient (Wildman–Crippen LogP) is 5.94. The van der Waals surface area contributed by atoms with Crippen molar-refractivity contribution in [1.82, 2.24) is 9.80 Å². The first-order chi connectivity index (χ1) is 17.8. The molecule has 6 nitrogen and oxygen atoms in total. The molecular formula is C30H36N2O4S. The van der Waals surface area contributed by atoms with Crippen molar-refractivity contribution >= 4 is 23.2 Å². The van der Waals surface area contributed by atoms with E-state index in [9.17, 15) is 9.59 Å². The highest BCUT2D eigenvalue weighted by atomic mass is 32.1. The molecule has 0 unspecified atom stereocenters. The minimum atomic E-state index is -0.197. The van der Waals surface area contributed by atoms with Crippen LogP contribution in [0.4, 0.5) is 0 Å². The van der Waals surface area contributed by atoms with Crippen molar-refractivity contribution in [2.75, 3.05) is 26.8 Å². The van der Waals surface area contributed by atoms with Crippen LogP contribution in [0.5, 0.6) is 11.5 Å². The van der Waals surface area contributed by atoms with Gasteiger partial charge in [0, 0.05) is 23.0 Å². The quantitative estimate of drug-likeness (QED) is 0.351. The van der Waals surface area contributed by atoms with Crippen LogP contribution >= 0.6 is 11.3 Å². The molecular weight excluding hydrogens is 484 g/mol. The predicted molar refractivity (Wildman–Crippen MR) is 148 cm³/mol. The largest absolute Gasteiger partial charge is 0.497 e. The summed E-state index contributed by atoms with van der Waals surface area (Å²) in [5.74, 6) is 1.69. The molecule has 0 fully saturated rings. The molecule has 196 valence electrons. The van der Waals surface area contributed by atoms with Crippen LogP contribution in [0.3, 0.4) is 0 Å². The molecule has 3 aromatic rings. The van der Waals surface area contributed by atoms with E-state index in [1.165, 1.54) is 10.4 Å². The Morgan fingerprint density at radius 3 is 2.30 bits per heavy atom. The maximum Gasteiger partial charge on any atom is 0.254 e. The third kappa shape index (κ3) is 6.16. The van der Waals surface area contributed by atoms with Crippen molar-refractivity contribution in [2.24, 2.45) is 0 Å². The molecule has 37 heavy (non-hydrogen) atoms.